The number of fused-ring (bicyclic) bond motifs is 1. The molecule has 1 amide bonds. The van der Waals surface area contributed by atoms with Crippen molar-refractivity contribution >= 4 is 17.1 Å². The van der Waals surface area contributed by atoms with Crippen LogP contribution >= 0.6 is 0 Å². The van der Waals surface area contributed by atoms with Crippen LogP contribution in [0.1, 0.15) is 55.3 Å². The summed E-state index contributed by atoms with van der Waals surface area (Å²) in [5, 5.41) is 11.2. The van der Waals surface area contributed by atoms with Gasteiger partial charge in [0.2, 0.25) is 0 Å². The Labute approximate surface area is 216 Å². The molecular weight excluding hydrogens is 470 g/mol. The van der Waals surface area contributed by atoms with Gasteiger partial charge in [0.25, 0.3) is 0 Å². The number of benzene rings is 1. The van der Waals surface area contributed by atoms with E-state index in [2.05, 4.69) is 49.5 Å². The SMILES string of the molecule is COC1CN(c2cc3c(-c4ccc(CNC(=O)c5nc(C(C)(C)C)no5)c(C)c4)ncnn3c2)CC1C. The Kier molecular flexibility index (Phi) is 6.45. The van der Waals surface area contributed by atoms with Crippen molar-refractivity contribution in [1.82, 2.24) is 30.1 Å². The zero-order valence-corrected chi connectivity index (χ0v) is 22.1. The third-order valence-corrected chi connectivity index (χ3v) is 6.95. The number of carbonyl (C=O) groups is 1. The van der Waals surface area contributed by atoms with Crippen molar-refractivity contribution in [2.24, 2.45) is 5.92 Å². The number of anilines is 1. The minimum atomic E-state index is -0.392. The van der Waals surface area contributed by atoms with E-state index in [0.29, 0.717) is 18.3 Å². The van der Waals surface area contributed by atoms with Crippen molar-refractivity contribution < 1.29 is 14.1 Å². The van der Waals surface area contributed by atoms with Gasteiger partial charge in [-0.3, -0.25) is 4.79 Å². The Hall–Kier alpha value is -3.79. The molecule has 10 nitrogen and oxygen atoms in total. The predicted octanol–water partition coefficient (Wildman–Crippen LogP) is 3.79. The van der Waals surface area contributed by atoms with Gasteiger partial charge in [0.1, 0.15) is 6.33 Å². The standard InChI is InChI=1S/C27H33N7O3/c1-16-9-18(7-8-19(16)11-28-24(35)25-31-26(32-37-25)27(3,4)5)23-21-10-20(13-34(21)30-15-29-23)33-12-17(2)22(14-33)36-6/h7-10,13,15,17,22H,11-12,14H2,1-6H3,(H,28,35). The maximum absolute atomic E-state index is 12.5. The van der Waals surface area contributed by atoms with Crippen molar-refractivity contribution in [2.75, 3.05) is 25.1 Å². The second-order valence-electron chi connectivity index (χ2n) is 10.8. The lowest BCUT2D eigenvalue weighted by Gasteiger charge is -2.15. The average Bonchev–Trinajstić information content (AvgIpc) is 3.60. The van der Waals surface area contributed by atoms with Crippen molar-refractivity contribution in [3.63, 3.8) is 0 Å². The topological polar surface area (TPSA) is 111 Å². The smallest absolute Gasteiger partial charge is 0.315 e. The molecule has 1 aliphatic rings. The minimum absolute atomic E-state index is 0.0316. The fourth-order valence-corrected chi connectivity index (χ4v) is 4.68. The van der Waals surface area contributed by atoms with Crippen molar-refractivity contribution in [3.05, 3.63) is 59.6 Å². The van der Waals surface area contributed by atoms with Crippen LogP contribution in [0.4, 0.5) is 5.69 Å². The van der Waals surface area contributed by atoms with Crippen molar-refractivity contribution in [3.8, 4) is 11.3 Å². The summed E-state index contributed by atoms with van der Waals surface area (Å²) in [6, 6.07) is 8.25. The zero-order valence-electron chi connectivity index (χ0n) is 22.1. The van der Waals surface area contributed by atoms with Crippen LogP contribution in [-0.4, -0.2) is 56.9 Å². The number of amides is 1. The van der Waals surface area contributed by atoms with E-state index in [-0.39, 0.29) is 17.4 Å². The molecule has 3 aromatic heterocycles. The highest BCUT2D eigenvalue weighted by molar-refractivity contribution is 5.89. The second kappa shape index (κ2) is 9.59. The Morgan fingerprint density at radius 1 is 1.24 bits per heavy atom. The summed E-state index contributed by atoms with van der Waals surface area (Å²) < 4.78 is 12.6. The minimum Gasteiger partial charge on any atom is -0.379 e. The van der Waals surface area contributed by atoms with Crippen LogP contribution in [0.3, 0.4) is 0 Å². The summed E-state index contributed by atoms with van der Waals surface area (Å²) in [6.07, 6.45) is 3.85. The van der Waals surface area contributed by atoms with E-state index in [4.69, 9.17) is 9.26 Å². The van der Waals surface area contributed by atoms with Crippen LogP contribution < -0.4 is 10.2 Å². The first-order chi connectivity index (χ1) is 17.6. The first kappa shape index (κ1) is 24.9. The largest absolute Gasteiger partial charge is 0.379 e. The number of aryl methyl sites for hydroxylation is 1. The maximum Gasteiger partial charge on any atom is 0.315 e. The summed E-state index contributed by atoms with van der Waals surface area (Å²) in [4.78, 5) is 23.7. The summed E-state index contributed by atoms with van der Waals surface area (Å²) in [7, 11) is 1.77. The van der Waals surface area contributed by atoms with Crippen molar-refractivity contribution in [1.29, 1.82) is 0 Å². The fraction of sp³-hybridized carbons (Fsp3) is 0.444. The van der Waals surface area contributed by atoms with Crippen LogP contribution in [0.15, 0.2) is 41.3 Å². The van der Waals surface area contributed by atoms with Gasteiger partial charge in [0.15, 0.2) is 5.82 Å². The Morgan fingerprint density at radius 3 is 2.73 bits per heavy atom. The molecule has 37 heavy (non-hydrogen) atoms. The lowest BCUT2D eigenvalue weighted by molar-refractivity contribution is 0.0899. The molecule has 0 bridgehead atoms. The van der Waals surface area contributed by atoms with Gasteiger partial charge in [0.05, 0.1) is 29.2 Å². The van der Waals surface area contributed by atoms with Gasteiger partial charge in [0, 0.05) is 43.6 Å². The molecule has 1 N–H and O–H groups in total. The maximum atomic E-state index is 12.5. The number of nitrogens with zero attached hydrogens (tertiary/aromatic N) is 6. The number of hydrogen-bond donors (Lipinski definition) is 1. The lowest BCUT2D eigenvalue weighted by atomic mass is 9.96. The first-order valence-electron chi connectivity index (χ1n) is 12.5. The molecule has 0 saturated carbocycles. The van der Waals surface area contributed by atoms with Crippen LogP contribution in [0, 0.1) is 12.8 Å². The molecule has 4 aromatic rings. The summed E-state index contributed by atoms with van der Waals surface area (Å²) in [5.41, 5.74) is 5.64. The highest BCUT2D eigenvalue weighted by atomic mass is 16.5. The molecule has 5 rings (SSSR count). The molecule has 0 aliphatic carbocycles. The van der Waals surface area contributed by atoms with Gasteiger partial charge in [-0.1, -0.05) is 45.0 Å². The molecule has 1 saturated heterocycles. The van der Waals surface area contributed by atoms with E-state index >= 15 is 0 Å². The van der Waals surface area contributed by atoms with Crippen LogP contribution in [0.25, 0.3) is 16.8 Å². The second-order valence-corrected chi connectivity index (χ2v) is 10.8. The molecule has 2 atom stereocenters. The highest BCUT2D eigenvalue weighted by Gasteiger charge is 2.30. The number of hydrogen-bond acceptors (Lipinski definition) is 8. The summed E-state index contributed by atoms with van der Waals surface area (Å²) in [5.74, 6) is 0.544. The zero-order chi connectivity index (χ0) is 26.3. The Morgan fingerprint density at radius 2 is 2.05 bits per heavy atom. The van der Waals surface area contributed by atoms with Gasteiger partial charge in [-0.05, 0) is 30.2 Å². The first-order valence-corrected chi connectivity index (χ1v) is 12.5. The average molecular weight is 504 g/mol. The van der Waals surface area contributed by atoms with E-state index in [9.17, 15) is 4.79 Å². The number of rotatable bonds is 6. The molecule has 2 unspecified atom stereocenters. The number of carbonyl (C=O) groups excluding carboxylic acids is 1. The molecule has 4 heterocycles. The third kappa shape index (κ3) is 4.93. The van der Waals surface area contributed by atoms with Crippen LogP contribution in [0.2, 0.25) is 0 Å². The van der Waals surface area contributed by atoms with Crippen molar-refractivity contribution in [2.45, 2.75) is 52.7 Å². The quantitative estimate of drug-likeness (QED) is 0.423. The van der Waals surface area contributed by atoms with Gasteiger partial charge in [-0.15, -0.1) is 0 Å². The van der Waals surface area contributed by atoms with E-state index in [1.54, 1.807) is 13.4 Å². The van der Waals surface area contributed by atoms with E-state index in [1.165, 1.54) is 0 Å². The van der Waals surface area contributed by atoms with Gasteiger partial charge < -0.3 is 19.5 Å². The third-order valence-electron chi connectivity index (χ3n) is 6.95. The lowest BCUT2D eigenvalue weighted by Crippen LogP contribution is -2.24. The summed E-state index contributed by atoms with van der Waals surface area (Å²) in [6.45, 7) is 12.3. The molecule has 10 heteroatoms. The van der Waals surface area contributed by atoms with Gasteiger partial charge in [-0.2, -0.15) is 10.1 Å². The molecule has 0 radical (unpaired) electrons. The normalized spacial score (nSPS) is 18.1. The van der Waals surface area contributed by atoms with Crippen LogP contribution in [-0.2, 0) is 16.7 Å². The number of methoxy groups -OCH3 is 1. The number of ether oxygens (including phenoxy) is 1. The van der Waals surface area contributed by atoms with Crippen LogP contribution in [0.5, 0.6) is 0 Å². The Bertz CT molecular complexity index is 1440. The Balaban J connectivity index is 1.33. The molecule has 1 fully saturated rings. The van der Waals surface area contributed by atoms with E-state index in [1.807, 2.05) is 50.5 Å². The van der Waals surface area contributed by atoms with Gasteiger partial charge in [-0.25, -0.2) is 9.50 Å². The molecular formula is C27H33N7O3. The van der Waals surface area contributed by atoms with Gasteiger partial charge >= 0.3 is 11.8 Å². The monoisotopic (exact) mass is 503 g/mol. The van der Waals surface area contributed by atoms with E-state index < -0.39 is 5.91 Å². The molecule has 194 valence electrons. The summed E-state index contributed by atoms with van der Waals surface area (Å²) >= 11 is 0. The highest BCUT2D eigenvalue weighted by Crippen LogP contribution is 2.31. The molecule has 1 aliphatic heterocycles. The fourth-order valence-electron chi connectivity index (χ4n) is 4.68. The number of aromatic nitrogens is 5. The predicted molar refractivity (Wildman–Crippen MR) is 140 cm³/mol. The molecule has 0 spiro atoms. The number of nitrogens with one attached hydrogen (secondary N) is 1. The van der Waals surface area contributed by atoms with E-state index in [0.717, 1.165) is 46.7 Å². The molecule has 1 aromatic carbocycles.